The minimum atomic E-state index is -1.68. The van der Waals surface area contributed by atoms with Gasteiger partial charge in [-0.25, -0.2) is 14.4 Å². The van der Waals surface area contributed by atoms with Crippen molar-refractivity contribution >= 4 is 17.8 Å². The number of aryl methyl sites for hydroxylation is 2. The van der Waals surface area contributed by atoms with Crippen LogP contribution < -0.4 is 10.6 Å². The first kappa shape index (κ1) is 28.1. The highest BCUT2D eigenvalue weighted by atomic mass is 19.1. The molecule has 3 aromatic rings. The molecule has 0 aliphatic carbocycles. The van der Waals surface area contributed by atoms with E-state index in [2.05, 4.69) is 9.97 Å². The van der Waals surface area contributed by atoms with Gasteiger partial charge in [0.25, 0.3) is 11.8 Å². The number of alkyl halides is 1. The van der Waals surface area contributed by atoms with Gasteiger partial charge in [0.15, 0.2) is 5.67 Å². The molecule has 0 radical (unpaired) electrons. The van der Waals surface area contributed by atoms with Gasteiger partial charge in [-0.2, -0.15) is 5.26 Å². The summed E-state index contributed by atoms with van der Waals surface area (Å²) in [5.41, 5.74) is 8.05. The second-order valence-electron chi connectivity index (χ2n) is 10.4. The van der Waals surface area contributed by atoms with Crippen LogP contribution in [0.25, 0.3) is 11.3 Å². The Morgan fingerprint density at radius 1 is 1.10 bits per heavy atom. The van der Waals surface area contributed by atoms with Gasteiger partial charge in [0.2, 0.25) is 5.95 Å². The maximum Gasteiger partial charge on any atom is 0.254 e. The van der Waals surface area contributed by atoms with Crippen molar-refractivity contribution in [1.29, 1.82) is 5.26 Å². The van der Waals surface area contributed by atoms with Gasteiger partial charge in [-0.05, 0) is 42.7 Å². The lowest BCUT2D eigenvalue weighted by Gasteiger charge is -2.36. The smallest absolute Gasteiger partial charge is 0.254 e. The third-order valence-corrected chi connectivity index (χ3v) is 7.85. The maximum absolute atomic E-state index is 15.8. The molecule has 0 spiro atoms. The Labute approximate surface area is 238 Å². The minimum absolute atomic E-state index is 0.0945. The second-order valence-corrected chi connectivity index (χ2v) is 10.4. The molecule has 5 rings (SSSR count). The van der Waals surface area contributed by atoms with Gasteiger partial charge in [0.1, 0.15) is 6.07 Å². The van der Waals surface area contributed by atoms with Gasteiger partial charge in [0, 0.05) is 62.5 Å². The second kappa shape index (κ2) is 11.6. The number of hydrogen-bond acceptors (Lipinski definition) is 8. The Bertz CT molecular complexity index is 1510. The van der Waals surface area contributed by atoms with E-state index in [1.165, 1.54) is 12.4 Å². The zero-order chi connectivity index (χ0) is 29.1. The molecule has 212 valence electrons. The average molecular weight is 558 g/mol. The molecular formula is C30H32FN7O3. The number of nitrogens with zero attached hydrogens (tertiary/aromatic N) is 6. The number of ether oxygens (including phenoxy) is 1. The van der Waals surface area contributed by atoms with Gasteiger partial charge in [-0.15, -0.1) is 0 Å². The van der Waals surface area contributed by atoms with Gasteiger partial charge in [-0.1, -0.05) is 13.0 Å². The molecule has 10 nitrogen and oxygen atoms in total. The number of aromatic nitrogens is 3. The fourth-order valence-corrected chi connectivity index (χ4v) is 5.40. The topological polar surface area (TPSA) is 138 Å². The summed E-state index contributed by atoms with van der Waals surface area (Å²) in [6.07, 6.45) is 3.64. The highest BCUT2D eigenvalue weighted by Gasteiger charge is 2.39. The number of carbonyl (C=O) groups is 2. The third kappa shape index (κ3) is 5.60. The van der Waals surface area contributed by atoms with E-state index in [4.69, 9.17) is 20.7 Å². The van der Waals surface area contributed by atoms with Crippen LogP contribution in [-0.2, 0) is 16.8 Å². The summed E-state index contributed by atoms with van der Waals surface area (Å²) in [7, 11) is 0. The van der Waals surface area contributed by atoms with Gasteiger partial charge in [-0.3, -0.25) is 14.6 Å². The van der Waals surface area contributed by atoms with Crippen LogP contribution in [0.5, 0.6) is 0 Å². The molecule has 2 aliphatic heterocycles. The predicted molar refractivity (Wildman–Crippen MR) is 150 cm³/mol. The van der Waals surface area contributed by atoms with Crippen molar-refractivity contribution in [3.05, 3.63) is 70.2 Å². The average Bonchev–Trinajstić information content (AvgIpc) is 3.01. The van der Waals surface area contributed by atoms with Crippen molar-refractivity contribution in [2.24, 2.45) is 5.73 Å². The molecule has 2 amide bonds. The van der Waals surface area contributed by atoms with Crippen molar-refractivity contribution in [3.8, 4) is 17.3 Å². The van der Waals surface area contributed by atoms with E-state index < -0.39 is 11.6 Å². The van der Waals surface area contributed by atoms with Crippen LogP contribution in [0, 0.1) is 18.3 Å². The van der Waals surface area contributed by atoms with E-state index >= 15 is 4.39 Å². The summed E-state index contributed by atoms with van der Waals surface area (Å²) in [5.74, 6) is -0.407. The van der Waals surface area contributed by atoms with Crippen molar-refractivity contribution in [2.75, 3.05) is 44.3 Å². The number of hydrogen-bond donors (Lipinski definition) is 1. The minimum Gasteiger partial charge on any atom is -0.378 e. The molecule has 0 bridgehead atoms. The van der Waals surface area contributed by atoms with Gasteiger partial charge < -0.3 is 20.3 Å². The largest absolute Gasteiger partial charge is 0.378 e. The Hall–Kier alpha value is -4.43. The summed E-state index contributed by atoms with van der Waals surface area (Å²) in [6, 6.07) is 8.80. The summed E-state index contributed by atoms with van der Waals surface area (Å²) < 4.78 is 21.2. The molecule has 41 heavy (non-hydrogen) atoms. The lowest BCUT2D eigenvalue weighted by molar-refractivity contribution is 0.0402. The number of nitrogens with two attached hydrogens (primary N) is 1. The lowest BCUT2D eigenvalue weighted by Crippen LogP contribution is -2.43. The molecule has 0 unspecified atom stereocenters. The SMILES string of the molecule is CCc1cc(C)c(C(=O)N2CCC(F)(c3ccc(C#N)cn3)CC2)cc1-c1nc(N2CCOCC2)ncc1C(N)=O. The fourth-order valence-electron chi connectivity index (χ4n) is 5.40. The zero-order valence-corrected chi connectivity index (χ0v) is 23.2. The fraction of sp³-hybridized carbons (Fsp3) is 0.400. The van der Waals surface area contributed by atoms with Crippen LogP contribution in [-0.4, -0.2) is 71.1 Å². The molecule has 11 heteroatoms. The maximum atomic E-state index is 15.8. The number of piperidine rings is 1. The predicted octanol–water partition coefficient (Wildman–Crippen LogP) is 3.32. The lowest BCUT2D eigenvalue weighted by atomic mass is 9.88. The first-order valence-corrected chi connectivity index (χ1v) is 13.7. The van der Waals surface area contributed by atoms with Gasteiger partial charge >= 0.3 is 0 Å². The number of likely N-dealkylation sites (tertiary alicyclic amines) is 1. The quantitative estimate of drug-likeness (QED) is 0.487. The molecule has 0 atom stereocenters. The van der Waals surface area contributed by atoms with E-state index in [0.29, 0.717) is 61.1 Å². The van der Waals surface area contributed by atoms with E-state index in [1.807, 2.05) is 30.9 Å². The number of anilines is 1. The number of carbonyl (C=O) groups excluding carboxylic acids is 2. The van der Waals surface area contributed by atoms with E-state index in [1.54, 1.807) is 23.1 Å². The monoisotopic (exact) mass is 557 g/mol. The Morgan fingerprint density at radius 2 is 1.83 bits per heavy atom. The molecule has 4 heterocycles. The zero-order valence-electron chi connectivity index (χ0n) is 23.2. The number of halogens is 1. The number of benzene rings is 1. The van der Waals surface area contributed by atoms with Crippen LogP contribution in [0.2, 0.25) is 0 Å². The molecule has 2 fully saturated rings. The standard InChI is InChI=1S/C30H32FN7O3/c1-3-21-14-19(2)22(28(40)37-8-6-30(31,7-9-37)25-5-4-20(16-32)17-34-25)15-23(21)26-24(27(33)39)18-35-29(36-26)38-10-12-41-13-11-38/h4-5,14-15,17-18H,3,6-13H2,1-2H3,(H2,33,39). The van der Waals surface area contributed by atoms with E-state index in [9.17, 15) is 9.59 Å². The first-order valence-electron chi connectivity index (χ1n) is 13.7. The van der Waals surface area contributed by atoms with Crippen LogP contribution in [0.15, 0.2) is 36.7 Å². The van der Waals surface area contributed by atoms with Crippen LogP contribution in [0.3, 0.4) is 0 Å². The Morgan fingerprint density at radius 3 is 2.44 bits per heavy atom. The Kier molecular flexibility index (Phi) is 7.94. The number of pyridine rings is 1. The molecule has 2 N–H and O–H groups in total. The summed E-state index contributed by atoms with van der Waals surface area (Å²) in [6.45, 7) is 6.64. The molecule has 2 aromatic heterocycles. The van der Waals surface area contributed by atoms with Crippen molar-refractivity contribution in [3.63, 3.8) is 0 Å². The van der Waals surface area contributed by atoms with Crippen LogP contribution in [0.4, 0.5) is 10.3 Å². The number of primary amides is 1. The molecule has 1 aromatic carbocycles. The molecule has 2 saturated heterocycles. The summed E-state index contributed by atoms with van der Waals surface area (Å²) in [5, 5.41) is 9.01. The summed E-state index contributed by atoms with van der Waals surface area (Å²) >= 11 is 0. The van der Waals surface area contributed by atoms with Crippen LogP contribution >= 0.6 is 0 Å². The van der Waals surface area contributed by atoms with Crippen molar-refractivity contribution in [2.45, 2.75) is 38.8 Å². The number of morpholine rings is 1. The Balaban J connectivity index is 1.45. The summed E-state index contributed by atoms with van der Waals surface area (Å²) in [4.78, 5) is 43.1. The first-order chi connectivity index (χ1) is 19.7. The van der Waals surface area contributed by atoms with Crippen molar-refractivity contribution < 1.29 is 18.7 Å². The molecule has 0 saturated carbocycles. The van der Waals surface area contributed by atoms with Crippen LogP contribution in [0.1, 0.15) is 62.9 Å². The number of nitriles is 1. The van der Waals surface area contributed by atoms with E-state index in [-0.39, 0.29) is 43.1 Å². The molecular weight excluding hydrogens is 525 g/mol. The van der Waals surface area contributed by atoms with Crippen molar-refractivity contribution in [1.82, 2.24) is 19.9 Å². The number of amides is 2. The highest BCUT2D eigenvalue weighted by Crippen LogP contribution is 2.37. The van der Waals surface area contributed by atoms with Gasteiger partial charge in [0.05, 0.1) is 35.7 Å². The molecule has 2 aliphatic rings. The third-order valence-electron chi connectivity index (χ3n) is 7.85. The number of rotatable bonds is 6. The highest BCUT2D eigenvalue weighted by molar-refractivity contribution is 6.01. The normalized spacial score (nSPS) is 16.7. The van der Waals surface area contributed by atoms with E-state index in [0.717, 1.165) is 11.1 Å².